The number of hydrogen-bond donors (Lipinski definition) is 0. The molecule has 0 aromatic heterocycles. The first-order valence-corrected chi connectivity index (χ1v) is 13.0. The summed E-state index contributed by atoms with van der Waals surface area (Å²) in [7, 11) is -5.82. The van der Waals surface area contributed by atoms with Gasteiger partial charge in [-0.1, -0.05) is 0 Å². The van der Waals surface area contributed by atoms with Gasteiger partial charge in [-0.25, -0.2) is 16.8 Å². The zero-order valence-corrected chi connectivity index (χ0v) is 18.2. The van der Waals surface area contributed by atoms with Crippen molar-refractivity contribution in [3.63, 3.8) is 0 Å². The predicted molar refractivity (Wildman–Crippen MR) is 107 cm³/mol. The summed E-state index contributed by atoms with van der Waals surface area (Å²) in [5.41, 5.74) is 0. The number of hydrogen-bond acceptors (Lipinski definition) is 8. The third kappa shape index (κ3) is 4.75. The van der Waals surface area contributed by atoms with E-state index in [1.807, 2.05) is 4.90 Å². The van der Waals surface area contributed by atoms with E-state index in [0.29, 0.717) is 38.3 Å². The Morgan fingerprint density at radius 2 is 1.76 bits per heavy atom. The summed E-state index contributed by atoms with van der Waals surface area (Å²) in [5.74, 6) is -0.504. The molecule has 3 rings (SSSR count). The van der Waals surface area contributed by atoms with Gasteiger partial charge in [-0.05, 0) is 57.1 Å². The van der Waals surface area contributed by atoms with Crippen molar-refractivity contribution in [2.75, 3.05) is 38.3 Å². The van der Waals surface area contributed by atoms with Crippen LogP contribution in [0.1, 0.15) is 19.8 Å². The maximum absolute atomic E-state index is 13.2. The molecule has 2 atom stereocenters. The zero-order valence-electron chi connectivity index (χ0n) is 16.6. The van der Waals surface area contributed by atoms with E-state index in [1.165, 1.54) is 19.2 Å². The summed E-state index contributed by atoms with van der Waals surface area (Å²) in [6.45, 7) is 3.02. The fourth-order valence-electron chi connectivity index (χ4n) is 4.10. The minimum Gasteiger partial charge on any atom is -0.497 e. The molecule has 0 N–H and O–H groups in total. The average molecular weight is 446 g/mol. The zero-order chi connectivity index (χ0) is 21.2. The van der Waals surface area contributed by atoms with Crippen LogP contribution < -0.4 is 4.74 Å². The number of ether oxygens (including phenoxy) is 2. The molecule has 2 aliphatic rings. The molecular weight excluding hydrogens is 418 g/mol. The van der Waals surface area contributed by atoms with E-state index in [0.717, 1.165) is 0 Å². The molecule has 2 fully saturated rings. The minimum absolute atomic E-state index is 0.0896. The first kappa shape index (κ1) is 22.0. The standard InChI is InChI=1S/C19H27NO7S2/c1-3-27-19(21)14-8-10-20(11-9-14)17-12-28(22,23)13-18(17)29(24,25)16-6-4-15(26-2)5-7-16/h4-7,14,17-18H,3,8-13H2,1-2H3/t17-,18-/m1/s1. The van der Waals surface area contributed by atoms with Gasteiger partial charge in [0.25, 0.3) is 0 Å². The van der Waals surface area contributed by atoms with Crippen LogP contribution in [0.25, 0.3) is 0 Å². The van der Waals surface area contributed by atoms with Crippen LogP contribution in [-0.2, 0) is 29.2 Å². The Kier molecular flexibility index (Phi) is 6.54. The molecular formula is C19H27NO7S2. The fourth-order valence-corrected chi connectivity index (χ4v) is 8.93. The Balaban J connectivity index is 1.80. The monoisotopic (exact) mass is 445 g/mol. The highest BCUT2D eigenvalue weighted by molar-refractivity contribution is 7.96. The topological polar surface area (TPSA) is 107 Å². The molecule has 0 bridgehead atoms. The molecule has 0 amide bonds. The number of carbonyl (C=O) groups excluding carboxylic acids is 1. The van der Waals surface area contributed by atoms with E-state index in [1.54, 1.807) is 19.1 Å². The molecule has 2 saturated heterocycles. The molecule has 8 nitrogen and oxygen atoms in total. The fraction of sp³-hybridized carbons (Fsp3) is 0.632. The van der Waals surface area contributed by atoms with Crippen molar-refractivity contribution in [3.05, 3.63) is 24.3 Å². The Hall–Kier alpha value is -1.65. The summed E-state index contributed by atoms with van der Waals surface area (Å²) in [5, 5.41) is -1.03. The van der Waals surface area contributed by atoms with Crippen LogP contribution in [0.3, 0.4) is 0 Å². The van der Waals surface area contributed by atoms with Crippen LogP contribution in [0.5, 0.6) is 5.75 Å². The van der Waals surface area contributed by atoms with Crippen molar-refractivity contribution in [2.45, 2.75) is 36.0 Å². The molecule has 0 unspecified atom stereocenters. The van der Waals surface area contributed by atoms with Crippen molar-refractivity contribution in [2.24, 2.45) is 5.92 Å². The molecule has 0 aliphatic carbocycles. The van der Waals surface area contributed by atoms with Crippen LogP contribution >= 0.6 is 0 Å². The molecule has 2 aliphatic heterocycles. The number of methoxy groups -OCH3 is 1. The van der Waals surface area contributed by atoms with Gasteiger partial charge in [0.05, 0.1) is 41.3 Å². The number of carbonyl (C=O) groups is 1. The normalized spacial score (nSPS) is 25.6. The maximum Gasteiger partial charge on any atom is 0.309 e. The molecule has 162 valence electrons. The number of esters is 1. The molecule has 0 spiro atoms. The highest BCUT2D eigenvalue weighted by atomic mass is 32.2. The second kappa shape index (κ2) is 8.61. The Morgan fingerprint density at radius 3 is 2.31 bits per heavy atom. The summed E-state index contributed by atoms with van der Waals surface area (Å²) in [4.78, 5) is 13.9. The quantitative estimate of drug-likeness (QED) is 0.595. The van der Waals surface area contributed by atoms with Gasteiger partial charge >= 0.3 is 5.97 Å². The van der Waals surface area contributed by atoms with Crippen molar-refractivity contribution in [1.82, 2.24) is 4.90 Å². The molecule has 1 aromatic carbocycles. The molecule has 2 heterocycles. The Morgan fingerprint density at radius 1 is 1.14 bits per heavy atom. The van der Waals surface area contributed by atoms with Gasteiger partial charge in [0.15, 0.2) is 19.7 Å². The first-order chi connectivity index (χ1) is 13.7. The second-order valence-corrected chi connectivity index (χ2v) is 11.8. The smallest absolute Gasteiger partial charge is 0.309 e. The average Bonchev–Trinajstić information content (AvgIpc) is 3.04. The van der Waals surface area contributed by atoms with E-state index in [-0.39, 0.29) is 28.3 Å². The predicted octanol–water partition coefficient (Wildman–Crippen LogP) is 0.910. The summed E-state index contributed by atoms with van der Waals surface area (Å²) in [6.07, 6.45) is 1.06. The van der Waals surface area contributed by atoms with E-state index in [2.05, 4.69) is 0 Å². The van der Waals surface area contributed by atoms with Crippen LogP contribution in [-0.4, -0.2) is 77.3 Å². The van der Waals surface area contributed by atoms with E-state index < -0.39 is 31.0 Å². The lowest BCUT2D eigenvalue weighted by Gasteiger charge is -2.36. The van der Waals surface area contributed by atoms with Gasteiger partial charge in [-0.3, -0.25) is 9.69 Å². The van der Waals surface area contributed by atoms with Crippen molar-refractivity contribution in [1.29, 1.82) is 0 Å². The third-order valence-electron chi connectivity index (χ3n) is 5.68. The summed E-state index contributed by atoms with van der Waals surface area (Å²) < 4.78 is 61.3. The number of sulfone groups is 2. The molecule has 1 aromatic rings. The Labute approximate surface area is 172 Å². The lowest BCUT2D eigenvalue weighted by Crippen LogP contribution is -2.50. The number of benzene rings is 1. The van der Waals surface area contributed by atoms with Crippen molar-refractivity contribution in [3.8, 4) is 5.75 Å². The lowest BCUT2D eigenvalue weighted by atomic mass is 9.95. The van der Waals surface area contributed by atoms with Crippen LogP contribution in [0.2, 0.25) is 0 Å². The largest absolute Gasteiger partial charge is 0.497 e. The summed E-state index contributed by atoms with van der Waals surface area (Å²) in [6, 6.07) is 5.38. The number of rotatable bonds is 6. The van der Waals surface area contributed by atoms with Crippen LogP contribution in [0, 0.1) is 5.92 Å². The van der Waals surface area contributed by atoms with Gasteiger partial charge in [-0.2, -0.15) is 0 Å². The number of likely N-dealkylation sites (tertiary alicyclic amines) is 1. The van der Waals surface area contributed by atoms with Gasteiger partial charge in [0.2, 0.25) is 0 Å². The maximum atomic E-state index is 13.2. The van der Waals surface area contributed by atoms with Gasteiger partial charge in [0, 0.05) is 6.04 Å². The molecule has 29 heavy (non-hydrogen) atoms. The van der Waals surface area contributed by atoms with Gasteiger partial charge in [0.1, 0.15) is 5.75 Å². The second-order valence-electron chi connectivity index (χ2n) is 7.47. The van der Waals surface area contributed by atoms with Crippen molar-refractivity contribution < 1.29 is 31.1 Å². The number of nitrogens with zero attached hydrogens (tertiary/aromatic N) is 1. The van der Waals surface area contributed by atoms with E-state index in [9.17, 15) is 21.6 Å². The highest BCUT2D eigenvalue weighted by Gasteiger charge is 2.49. The molecule has 0 saturated carbocycles. The Bertz CT molecular complexity index is 933. The van der Waals surface area contributed by atoms with Crippen LogP contribution in [0.4, 0.5) is 0 Å². The third-order valence-corrected chi connectivity index (χ3v) is 9.81. The molecule has 10 heteroatoms. The molecule has 0 radical (unpaired) electrons. The SMILES string of the molecule is CCOC(=O)C1CCN([C@@H]2CS(=O)(=O)C[C@H]2S(=O)(=O)c2ccc(OC)cc2)CC1. The van der Waals surface area contributed by atoms with Gasteiger partial charge < -0.3 is 9.47 Å². The van der Waals surface area contributed by atoms with E-state index >= 15 is 0 Å². The first-order valence-electron chi connectivity index (χ1n) is 9.67. The van der Waals surface area contributed by atoms with Crippen molar-refractivity contribution >= 4 is 25.6 Å². The number of piperidine rings is 1. The lowest BCUT2D eigenvalue weighted by molar-refractivity contribution is -0.149. The highest BCUT2D eigenvalue weighted by Crippen LogP contribution is 2.32. The minimum atomic E-state index is -3.84. The van der Waals surface area contributed by atoms with E-state index in [4.69, 9.17) is 9.47 Å². The summed E-state index contributed by atoms with van der Waals surface area (Å²) >= 11 is 0. The van der Waals surface area contributed by atoms with Crippen LogP contribution in [0.15, 0.2) is 29.2 Å². The van der Waals surface area contributed by atoms with Gasteiger partial charge in [-0.15, -0.1) is 0 Å².